The molecule has 1 aromatic carbocycles. The summed E-state index contributed by atoms with van der Waals surface area (Å²) < 4.78 is 0. The third-order valence-corrected chi connectivity index (χ3v) is 3.49. The van der Waals surface area contributed by atoms with E-state index in [9.17, 15) is 0 Å². The fourth-order valence-corrected chi connectivity index (χ4v) is 2.63. The van der Waals surface area contributed by atoms with Crippen molar-refractivity contribution in [2.24, 2.45) is 5.92 Å². The van der Waals surface area contributed by atoms with Crippen LogP contribution in [0.3, 0.4) is 0 Å². The minimum atomic E-state index is 0.632. The summed E-state index contributed by atoms with van der Waals surface area (Å²) in [5.74, 6) is 1.74. The molecule has 3 heteroatoms. The Morgan fingerprint density at radius 1 is 1.20 bits per heavy atom. The molecule has 20 heavy (non-hydrogen) atoms. The van der Waals surface area contributed by atoms with Gasteiger partial charge in [-0.25, -0.2) is 4.98 Å². The van der Waals surface area contributed by atoms with Crippen LogP contribution in [-0.2, 0) is 6.54 Å². The highest BCUT2D eigenvalue weighted by Crippen LogP contribution is 2.27. The van der Waals surface area contributed by atoms with Gasteiger partial charge in [0.25, 0.3) is 0 Å². The van der Waals surface area contributed by atoms with E-state index in [1.165, 1.54) is 16.3 Å². The lowest BCUT2D eigenvalue weighted by Crippen LogP contribution is -2.28. The van der Waals surface area contributed by atoms with Gasteiger partial charge < -0.3 is 10.2 Å². The van der Waals surface area contributed by atoms with Crippen molar-refractivity contribution in [1.82, 2.24) is 10.3 Å². The first-order valence-corrected chi connectivity index (χ1v) is 7.43. The van der Waals surface area contributed by atoms with Crippen LogP contribution in [0.15, 0.2) is 30.5 Å². The third-order valence-electron chi connectivity index (χ3n) is 3.49. The van der Waals surface area contributed by atoms with E-state index >= 15 is 0 Å². The molecule has 0 unspecified atom stereocenters. The predicted octanol–water partition coefficient (Wildman–Crippen LogP) is 3.44. The Morgan fingerprint density at radius 2 is 1.90 bits per heavy atom. The maximum absolute atomic E-state index is 4.74. The van der Waals surface area contributed by atoms with E-state index in [0.717, 1.165) is 25.5 Å². The molecule has 0 amide bonds. The number of fused-ring (bicyclic) bond motifs is 1. The molecule has 3 nitrogen and oxygen atoms in total. The van der Waals surface area contributed by atoms with Gasteiger partial charge in [0.2, 0.25) is 0 Å². The standard InChI is InChI=1S/C17H25N3/c1-5-20(12-13(2)3)17-16-9-7-6-8-15(16)14(10-18-4)11-19-17/h6-9,11,13,18H,5,10,12H2,1-4H3. The van der Waals surface area contributed by atoms with Crippen LogP contribution in [-0.4, -0.2) is 25.1 Å². The van der Waals surface area contributed by atoms with Crippen molar-refractivity contribution >= 4 is 16.6 Å². The van der Waals surface area contributed by atoms with Gasteiger partial charge in [-0.2, -0.15) is 0 Å². The Balaban J connectivity index is 2.51. The number of nitrogens with one attached hydrogen (secondary N) is 1. The van der Waals surface area contributed by atoms with Gasteiger partial charge in [0.15, 0.2) is 0 Å². The Bertz CT molecular complexity index is 563. The van der Waals surface area contributed by atoms with Crippen LogP contribution >= 0.6 is 0 Å². The summed E-state index contributed by atoms with van der Waals surface area (Å²) in [6, 6.07) is 8.57. The van der Waals surface area contributed by atoms with Gasteiger partial charge >= 0.3 is 0 Å². The van der Waals surface area contributed by atoms with E-state index < -0.39 is 0 Å². The van der Waals surface area contributed by atoms with Crippen LogP contribution < -0.4 is 10.2 Å². The van der Waals surface area contributed by atoms with Gasteiger partial charge in [0, 0.05) is 31.2 Å². The first kappa shape index (κ1) is 14.8. The van der Waals surface area contributed by atoms with Crippen LogP contribution in [0, 0.1) is 5.92 Å². The van der Waals surface area contributed by atoms with E-state index in [2.05, 4.69) is 55.3 Å². The Hall–Kier alpha value is -1.61. The number of hydrogen-bond acceptors (Lipinski definition) is 3. The minimum absolute atomic E-state index is 0.632. The third kappa shape index (κ3) is 3.10. The first-order chi connectivity index (χ1) is 9.67. The summed E-state index contributed by atoms with van der Waals surface area (Å²) in [5.41, 5.74) is 1.26. The van der Waals surface area contributed by atoms with Crippen molar-refractivity contribution in [2.75, 3.05) is 25.0 Å². The molecule has 0 aliphatic heterocycles. The Morgan fingerprint density at radius 3 is 2.50 bits per heavy atom. The molecule has 2 rings (SSSR count). The van der Waals surface area contributed by atoms with Crippen molar-refractivity contribution in [3.05, 3.63) is 36.0 Å². The topological polar surface area (TPSA) is 28.2 Å². The van der Waals surface area contributed by atoms with Gasteiger partial charge in [0.1, 0.15) is 5.82 Å². The number of hydrogen-bond donors (Lipinski definition) is 1. The fraction of sp³-hybridized carbons (Fsp3) is 0.471. The zero-order chi connectivity index (χ0) is 14.5. The molecule has 0 radical (unpaired) electrons. The maximum Gasteiger partial charge on any atom is 0.136 e. The number of rotatable bonds is 6. The van der Waals surface area contributed by atoms with Crippen molar-refractivity contribution in [3.63, 3.8) is 0 Å². The van der Waals surface area contributed by atoms with E-state index in [-0.39, 0.29) is 0 Å². The van der Waals surface area contributed by atoms with E-state index in [1.807, 2.05) is 13.2 Å². The molecule has 0 fully saturated rings. The summed E-state index contributed by atoms with van der Waals surface area (Å²) in [5, 5.41) is 5.77. The monoisotopic (exact) mass is 271 g/mol. The fourth-order valence-electron chi connectivity index (χ4n) is 2.63. The molecule has 0 atom stereocenters. The average molecular weight is 271 g/mol. The van der Waals surface area contributed by atoms with Crippen molar-refractivity contribution in [3.8, 4) is 0 Å². The van der Waals surface area contributed by atoms with Crippen LogP contribution in [0.2, 0.25) is 0 Å². The first-order valence-electron chi connectivity index (χ1n) is 7.43. The largest absolute Gasteiger partial charge is 0.356 e. The van der Waals surface area contributed by atoms with Crippen molar-refractivity contribution in [2.45, 2.75) is 27.3 Å². The molecule has 1 aromatic heterocycles. The Labute approximate surface area is 122 Å². The van der Waals surface area contributed by atoms with E-state index in [0.29, 0.717) is 5.92 Å². The number of anilines is 1. The van der Waals surface area contributed by atoms with Gasteiger partial charge in [0.05, 0.1) is 0 Å². The number of pyridine rings is 1. The normalized spacial score (nSPS) is 11.2. The van der Waals surface area contributed by atoms with Crippen LogP contribution in [0.4, 0.5) is 5.82 Å². The van der Waals surface area contributed by atoms with Gasteiger partial charge in [-0.3, -0.25) is 0 Å². The number of nitrogens with zero attached hydrogens (tertiary/aromatic N) is 2. The van der Waals surface area contributed by atoms with E-state index in [1.54, 1.807) is 0 Å². The van der Waals surface area contributed by atoms with Crippen LogP contribution in [0.5, 0.6) is 0 Å². The van der Waals surface area contributed by atoms with Gasteiger partial charge in [-0.1, -0.05) is 38.1 Å². The molecule has 0 saturated carbocycles. The maximum atomic E-state index is 4.74. The minimum Gasteiger partial charge on any atom is -0.356 e. The van der Waals surface area contributed by atoms with E-state index in [4.69, 9.17) is 4.98 Å². The summed E-state index contributed by atoms with van der Waals surface area (Å²) in [6.45, 7) is 9.57. The highest BCUT2D eigenvalue weighted by molar-refractivity contribution is 5.94. The van der Waals surface area contributed by atoms with Crippen LogP contribution in [0.1, 0.15) is 26.3 Å². The molecule has 0 aliphatic rings. The lowest BCUT2D eigenvalue weighted by molar-refractivity contribution is 0.615. The molecule has 0 bridgehead atoms. The summed E-state index contributed by atoms with van der Waals surface area (Å²) in [6.07, 6.45) is 2.01. The highest BCUT2D eigenvalue weighted by atomic mass is 15.2. The van der Waals surface area contributed by atoms with Crippen molar-refractivity contribution < 1.29 is 0 Å². The number of benzene rings is 1. The smallest absolute Gasteiger partial charge is 0.136 e. The second-order valence-corrected chi connectivity index (χ2v) is 5.62. The van der Waals surface area contributed by atoms with Crippen molar-refractivity contribution in [1.29, 1.82) is 0 Å². The molecular formula is C17H25N3. The lowest BCUT2D eigenvalue weighted by Gasteiger charge is -2.26. The average Bonchev–Trinajstić information content (AvgIpc) is 2.45. The summed E-state index contributed by atoms with van der Waals surface area (Å²) in [4.78, 5) is 7.11. The molecule has 0 aliphatic carbocycles. The number of aromatic nitrogens is 1. The molecule has 2 aromatic rings. The molecule has 0 spiro atoms. The lowest BCUT2D eigenvalue weighted by atomic mass is 10.1. The molecule has 1 heterocycles. The highest BCUT2D eigenvalue weighted by Gasteiger charge is 2.13. The zero-order valence-electron chi connectivity index (χ0n) is 13.0. The SMILES string of the molecule is CCN(CC(C)C)c1ncc(CNC)c2ccccc12. The van der Waals surface area contributed by atoms with Gasteiger partial charge in [-0.05, 0) is 30.8 Å². The second kappa shape index (κ2) is 6.71. The zero-order valence-corrected chi connectivity index (χ0v) is 13.0. The Kier molecular flexibility index (Phi) is 4.96. The predicted molar refractivity (Wildman–Crippen MR) is 87.2 cm³/mol. The summed E-state index contributed by atoms with van der Waals surface area (Å²) in [7, 11) is 1.97. The van der Waals surface area contributed by atoms with Crippen LogP contribution in [0.25, 0.3) is 10.8 Å². The molecule has 1 N–H and O–H groups in total. The molecular weight excluding hydrogens is 246 g/mol. The summed E-state index contributed by atoms with van der Waals surface area (Å²) >= 11 is 0. The second-order valence-electron chi connectivity index (χ2n) is 5.62. The van der Waals surface area contributed by atoms with Gasteiger partial charge in [-0.15, -0.1) is 0 Å². The quantitative estimate of drug-likeness (QED) is 0.872. The molecule has 108 valence electrons. The molecule has 0 saturated heterocycles.